The lowest BCUT2D eigenvalue weighted by molar-refractivity contribution is 0.336. The number of benzene rings is 1. The van der Waals surface area contributed by atoms with Crippen molar-refractivity contribution in [2.24, 2.45) is 5.73 Å². The Labute approximate surface area is 122 Å². The Morgan fingerprint density at radius 1 is 1.25 bits per heavy atom. The molecule has 0 fully saturated rings. The van der Waals surface area contributed by atoms with Gasteiger partial charge in [0, 0.05) is 6.04 Å². The lowest BCUT2D eigenvalue weighted by Gasteiger charge is -2.14. The van der Waals surface area contributed by atoms with Gasteiger partial charge in [-0.05, 0) is 45.7 Å². The molecule has 1 rings (SSSR count). The second kappa shape index (κ2) is 7.09. The second-order valence-corrected chi connectivity index (χ2v) is 8.23. The number of hydrogen-bond acceptors (Lipinski definition) is 4. The van der Waals surface area contributed by atoms with Gasteiger partial charge >= 0.3 is 0 Å². The predicted octanol–water partition coefficient (Wildman–Crippen LogP) is 2.09. The first-order valence-corrected chi connectivity index (χ1v) is 8.63. The Hall–Kier alpha value is -1.07. The van der Waals surface area contributed by atoms with Crippen LogP contribution in [0, 0.1) is 6.92 Å². The average Bonchev–Trinajstić information content (AvgIpc) is 2.30. The minimum absolute atomic E-state index is 0.0379. The lowest BCUT2D eigenvalue weighted by Crippen LogP contribution is -2.23. The summed E-state index contributed by atoms with van der Waals surface area (Å²) in [5.74, 6) is 0.766. The summed E-state index contributed by atoms with van der Waals surface area (Å²) in [6.45, 7) is 7.49. The van der Waals surface area contributed by atoms with Crippen LogP contribution in [0.1, 0.15) is 31.9 Å². The number of sulfone groups is 1. The largest absolute Gasteiger partial charge is 0.492 e. The van der Waals surface area contributed by atoms with Crippen molar-refractivity contribution in [3.05, 3.63) is 29.3 Å². The summed E-state index contributed by atoms with van der Waals surface area (Å²) in [6, 6.07) is 5.92. The highest BCUT2D eigenvalue weighted by molar-refractivity contribution is 7.91. The number of nitrogens with two attached hydrogens (primary N) is 1. The first-order valence-electron chi connectivity index (χ1n) is 6.92. The van der Waals surface area contributed by atoms with Gasteiger partial charge in [-0.25, -0.2) is 8.42 Å². The van der Waals surface area contributed by atoms with Gasteiger partial charge in [-0.2, -0.15) is 0 Å². The molecule has 114 valence electrons. The standard InChI is InChI=1S/C15H25NO3S/c1-11(2)20(17,18)8-7-19-15-6-5-12(3)9-14(15)10-13(4)16/h5-6,9,11,13H,7-8,10,16H2,1-4H3. The van der Waals surface area contributed by atoms with Crippen LogP contribution < -0.4 is 10.5 Å². The van der Waals surface area contributed by atoms with Crippen LogP contribution in [0.3, 0.4) is 0 Å². The number of ether oxygens (including phenoxy) is 1. The Kier molecular flexibility index (Phi) is 6.02. The minimum atomic E-state index is -3.06. The molecule has 4 nitrogen and oxygen atoms in total. The van der Waals surface area contributed by atoms with Gasteiger partial charge in [0.1, 0.15) is 12.4 Å². The molecule has 0 bridgehead atoms. The zero-order valence-electron chi connectivity index (χ0n) is 12.7. The maximum atomic E-state index is 11.7. The van der Waals surface area contributed by atoms with Crippen molar-refractivity contribution in [3.63, 3.8) is 0 Å². The van der Waals surface area contributed by atoms with Crippen molar-refractivity contribution in [1.82, 2.24) is 0 Å². The quantitative estimate of drug-likeness (QED) is 0.837. The molecule has 0 spiro atoms. The van der Waals surface area contributed by atoms with Crippen molar-refractivity contribution >= 4 is 9.84 Å². The third-order valence-corrected chi connectivity index (χ3v) is 5.27. The average molecular weight is 299 g/mol. The third-order valence-electron chi connectivity index (χ3n) is 3.10. The highest BCUT2D eigenvalue weighted by atomic mass is 32.2. The van der Waals surface area contributed by atoms with Crippen LogP contribution in [0.25, 0.3) is 0 Å². The molecule has 2 N–H and O–H groups in total. The first-order chi connectivity index (χ1) is 9.22. The SMILES string of the molecule is Cc1ccc(OCCS(=O)(=O)C(C)C)c(CC(C)N)c1. The van der Waals surface area contributed by atoms with E-state index in [1.165, 1.54) is 0 Å². The molecule has 0 amide bonds. The smallest absolute Gasteiger partial charge is 0.155 e. The molecule has 0 aliphatic carbocycles. The van der Waals surface area contributed by atoms with Crippen molar-refractivity contribution in [1.29, 1.82) is 0 Å². The first kappa shape index (κ1) is 17.0. The summed E-state index contributed by atoms with van der Waals surface area (Å²) in [6.07, 6.45) is 0.716. The molecule has 1 aromatic rings. The normalized spacial score (nSPS) is 13.5. The van der Waals surface area contributed by atoms with Crippen molar-refractivity contribution in [3.8, 4) is 5.75 Å². The predicted molar refractivity (Wildman–Crippen MR) is 83.0 cm³/mol. The fourth-order valence-corrected chi connectivity index (χ4v) is 2.65. The molecule has 20 heavy (non-hydrogen) atoms. The molecule has 0 aromatic heterocycles. The molecule has 0 saturated carbocycles. The van der Waals surface area contributed by atoms with E-state index in [0.29, 0.717) is 6.42 Å². The van der Waals surface area contributed by atoms with Crippen LogP contribution in [0.5, 0.6) is 5.75 Å². The summed E-state index contributed by atoms with van der Waals surface area (Å²) < 4.78 is 29.1. The molecule has 0 radical (unpaired) electrons. The van der Waals surface area contributed by atoms with E-state index in [4.69, 9.17) is 10.5 Å². The van der Waals surface area contributed by atoms with E-state index in [1.54, 1.807) is 13.8 Å². The molecule has 0 heterocycles. The number of aryl methyl sites for hydroxylation is 1. The van der Waals surface area contributed by atoms with Gasteiger partial charge in [0.05, 0.1) is 11.0 Å². The van der Waals surface area contributed by atoms with Gasteiger partial charge in [0.15, 0.2) is 9.84 Å². The monoisotopic (exact) mass is 299 g/mol. The molecule has 0 aliphatic heterocycles. The zero-order chi connectivity index (χ0) is 15.3. The molecule has 0 aliphatic rings. The summed E-state index contributed by atoms with van der Waals surface area (Å²) in [7, 11) is -3.06. The maximum absolute atomic E-state index is 11.7. The highest BCUT2D eigenvalue weighted by Crippen LogP contribution is 2.21. The summed E-state index contributed by atoms with van der Waals surface area (Å²) in [5, 5.41) is -0.368. The topological polar surface area (TPSA) is 69.4 Å². The van der Waals surface area contributed by atoms with E-state index in [0.717, 1.165) is 16.9 Å². The Bertz CT molecular complexity index is 536. The molecular formula is C15H25NO3S. The van der Waals surface area contributed by atoms with Gasteiger partial charge in [-0.15, -0.1) is 0 Å². The number of rotatable bonds is 7. The van der Waals surface area contributed by atoms with E-state index in [9.17, 15) is 8.42 Å². The Morgan fingerprint density at radius 2 is 1.90 bits per heavy atom. The lowest BCUT2D eigenvalue weighted by atomic mass is 10.0. The molecule has 1 atom stereocenters. The van der Waals surface area contributed by atoms with Crippen LogP contribution in [0.2, 0.25) is 0 Å². The number of hydrogen-bond donors (Lipinski definition) is 1. The van der Waals surface area contributed by atoms with Crippen LogP contribution in [-0.2, 0) is 16.3 Å². The van der Waals surface area contributed by atoms with Gasteiger partial charge in [0.25, 0.3) is 0 Å². The third kappa shape index (κ3) is 5.13. The van der Waals surface area contributed by atoms with E-state index in [-0.39, 0.29) is 23.7 Å². The molecular weight excluding hydrogens is 274 g/mol. The van der Waals surface area contributed by atoms with Crippen molar-refractivity contribution in [2.75, 3.05) is 12.4 Å². The van der Waals surface area contributed by atoms with Crippen molar-refractivity contribution < 1.29 is 13.2 Å². The molecule has 1 unspecified atom stereocenters. The van der Waals surface area contributed by atoms with Crippen LogP contribution in [-0.4, -0.2) is 32.1 Å². The van der Waals surface area contributed by atoms with E-state index in [2.05, 4.69) is 0 Å². The van der Waals surface area contributed by atoms with Gasteiger partial charge < -0.3 is 10.5 Å². The summed E-state index contributed by atoms with van der Waals surface area (Å²) in [5.41, 5.74) is 8.00. The van der Waals surface area contributed by atoms with Crippen LogP contribution >= 0.6 is 0 Å². The molecule has 0 saturated heterocycles. The fourth-order valence-electron chi connectivity index (χ4n) is 1.86. The van der Waals surface area contributed by atoms with Crippen molar-refractivity contribution in [2.45, 2.75) is 45.4 Å². The Morgan fingerprint density at radius 3 is 2.45 bits per heavy atom. The Balaban J connectivity index is 2.73. The van der Waals surface area contributed by atoms with Crippen LogP contribution in [0.4, 0.5) is 0 Å². The minimum Gasteiger partial charge on any atom is -0.492 e. The van der Waals surface area contributed by atoms with E-state index < -0.39 is 9.84 Å². The second-order valence-electron chi connectivity index (χ2n) is 5.56. The zero-order valence-corrected chi connectivity index (χ0v) is 13.5. The highest BCUT2D eigenvalue weighted by Gasteiger charge is 2.16. The van der Waals surface area contributed by atoms with Gasteiger partial charge in [-0.3, -0.25) is 0 Å². The maximum Gasteiger partial charge on any atom is 0.155 e. The van der Waals surface area contributed by atoms with Crippen LogP contribution in [0.15, 0.2) is 18.2 Å². The van der Waals surface area contributed by atoms with Gasteiger partial charge in [0.2, 0.25) is 0 Å². The summed E-state index contributed by atoms with van der Waals surface area (Å²) in [4.78, 5) is 0. The summed E-state index contributed by atoms with van der Waals surface area (Å²) >= 11 is 0. The van der Waals surface area contributed by atoms with E-state index in [1.807, 2.05) is 32.0 Å². The van der Waals surface area contributed by atoms with E-state index >= 15 is 0 Å². The molecule has 1 aromatic carbocycles. The fraction of sp³-hybridized carbons (Fsp3) is 0.600. The molecule has 5 heteroatoms. The van der Waals surface area contributed by atoms with Gasteiger partial charge in [-0.1, -0.05) is 17.7 Å².